The molecule has 4 nitrogen and oxygen atoms in total. The Balaban J connectivity index is 1.76. The number of rotatable bonds is 5. The summed E-state index contributed by atoms with van der Waals surface area (Å²) in [6.45, 7) is 9.27. The van der Waals surface area contributed by atoms with Gasteiger partial charge in [-0.05, 0) is 75.5 Å². The Kier molecular flexibility index (Phi) is 6.25. The number of benzene rings is 1. The van der Waals surface area contributed by atoms with Gasteiger partial charge in [0.25, 0.3) is 0 Å². The molecular weight excluding hydrogens is 495 g/mol. The van der Waals surface area contributed by atoms with Gasteiger partial charge in [-0.25, -0.2) is 9.37 Å². The molecule has 0 bridgehead atoms. The number of halogens is 1. The molecule has 2 aliphatic carbocycles. The average Bonchev–Trinajstić information content (AvgIpc) is 3.42. The molecule has 3 heterocycles. The second-order valence-corrected chi connectivity index (χ2v) is 12.8. The van der Waals surface area contributed by atoms with E-state index in [2.05, 4.69) is 23.8 Å². The Hall–Kier alpha value is -2.60. The molecule has 38 heavy (non-hydrogen) atoms. The molecule has 0 amide bonds. The second kappa shape index (κ2) is 9.25. The number of carbonyl (C=O) groups excluding carboxylic acids is 2. The van der Waals surface area contributed by atoms with E-state index in [1.807, 2.05) is 19.9 Å². The van der Waals surface area contributed by atoms with Crippen molar-refractivity contribution >= 4 is 22.9 Å². The van der Waals surface area contributed by atoms with Crippen molar-refractivity contribution in [3.05, 3.63) is 63.0 Å². The van der Waals surface area contributed by atoms with E-state index in [0.717, 1.165) is 71.9 Å². The molecule has 1 saturated carbocycles. The molecule has 3 atom stereocenters. The predicted octanol–water partition coefficient (Wildman–Crippen LogP) is 8.00. The number of ketones is 2. The Bertz CT molecular complexity index is 1430. The first-order chi connectivity index (χ1) is 18.3. The number of fused-ring (bicyclic) bond motifs is 3. The smallest absolute Gasteiger partial charge is 0.168 e. The zero-order valence-electron chi connectivity index (χ0n) is 22.9. The Morgan fingerprint density at radius 1 is 1.18 bits per heavy atom. The van der Waals surface area contributed by atoms with Crippen molar-refractivity contribution < 1.29 is 14.0 Å². The van der Waals surface area contributed by atoms with Gasteiger partial charge in [0.05, 0.1) is 11.1 Å². The molecule has 1 aliphatic heterocycles. The van der Waals surface area contributed by atoms with E-state index in [0.29, 0.717) is 24.8 Å². The van der Waals surface area contributed by atoms with E-state index >= 15 is 0 Å². The van der Waals surface area contributed by atoms with Crippen molar-refractivity contribution in [3.8, 4) is 11.3 Å². The molecular formula is C32H37FN2O2S. The monoisotopic (exact) mass is 532 g/mol. The molecule has 3 aromatic rings. The topological polar surface area (TPSA) is 52.0 Å². The third kappa shape index (κ3) is 3.62. The van der Waals surface area contributed by atoms with Crippen LogP contribution in [0.4, 0.5) is 4.39 Å². The summed E-state index contributed by atoms with van der Waals surface area (Å²) in [7, 11) is 0. The highest BCUT2D eigenvalue weighted by Crippen LogP contribution is 2.68. The third-order valence-electron chi connectivity index (χ3n) is 9.81. The maximum Gasteiger partial charge on any atom is 0.168 e. The van der Waals surface area contributed by atoms with Gasteiger partial charge < -0.3 is 4.57 Å². The van der Waals surface area contributed by atoms with E-state index in [1.165, 1.54) is 6.07 Å². The number of carbonyl (C=O) groups is 2. The fourth-order valence-corrected chi connectivity index (χ4v) is 8.62. The SMILES string of the molecule is CCCC1C(=O)CCC(CC)C(=O)c2c1c1n(c2-c2cccc(F)c2)CCC2(CC2)[C@@]1(C)c1nc(C)cs1. The summed E-state index contributed by atoms with van der Waals surface area (Å²) < 4.78 is 17.0. The summed E-state index contributed by atoms with van der Waals surface area (Å²) in [5.41, 5.74) is 4.92. The van der Waals surface area contributed by atoms with E-state index < -0.39 is 5.41 Å². The van der Waals surface area contributed by atoms with E-state index in [9.17, 15) is 14.0 Å². The lowest BCUT2D eigenvalue weighted by molar-refractivity contribution is -0.121. The maximum absolute atomic E-state index is 14.7. The summed E-state index contributed by atoms with van der Waals surface area (Å²) in [4.78, 5) is 33.4. The zero-order chi connectivity index (χ0) is 26.8. The first-order valence-corrected chi connectivity index (χ1v) is 15.2. The summed E-state index contributed by atoms with van der Waals surface area (Å²) in [6.07, 6.45) is 6.53. The largest absolute Gasteiger partial charge is 0.343 e. The molecule has 6 rings (SSSR count). The van der Waals surface area contributed by atoms with Gasteiger partial charge in [0.2, 0.25) is 0 Å². The molecule has 0 saturated heterocycles. The Labute approximate surface area is 228 Å². The lowest BCUT2D eigenvalue weighted by Gasteiger charge is -2.44. The zero-order valence-corrected chi connectivity index (χ0v) is 23.7. The quantitative estimate of drug-likeness (QED) is 0.334. The van der Waals surface area contributed by atoms with Crippen molar-refractivity contribution in [2.24, 2.45) is 11.3 Å². The third-order valence-corrected chi connectivity index (χ3v) is 11.0. The van der Waals surface area contributed by atoms with Crippen LogP contribution in [0.3, 0.4) is 0 Å². The van der Waals surface area contributed by atoms with Crippen molar-refractivity contribution in [3.63, 3.8) is 0 Å². The van der Waals surface area contributed by atoms with Crippen molar-refractivity contribution in [1.29, 1.82) is 0 Å². The summed E-state index contributed by atoms with van der Waals surface area (Å²) >= 11 is 1.70. The van der Waals surface area contributed by atoms with Crippen LogP contribution in [-0.4, -0.2) is 21.1 Å². The number of aromatic nitrogens is 2. The van der Waals surface area contributed by atoms with Crippen molar-refractivity contribution in [2.75, 3.05) is 0 Å². The lowest BCUT2D eigenvalue weighted by Crippen LogP contribution is -2.43. The van der Waals surface area contributed by atoms with Crippen LogP contribution in [0.25, 0.3) is 11.3 Å². The highest BCUT2D eigenvalue weighted by Gasteiger charge is 2.64. The molecule has 3 aliphatic rings. The van der Waals surface area contributed by atoms with Crippen LogP contribution >= 0.6 is 11.3 Å². The predicted molar refractivity (Wildman–Crippen MR) is 149 cm³/mol. The Morgan fingerprint density at radius 3 is 2.61 bits per heavy atom. The van der Waals surface area contributed by atoms with Gasteiger partial charge in [0.1, 0.15) is 16.6 Å². The fourth-order valence-electron chi connectivity index (χ4n) is 7.54. The van der Waals surface area contributed by atoms with Gasteiger partial charge in [0, 0.05) is 52.7 Å². The van der Waals surface area contributed by atoms with E-state index in [-0.39, 0.29) is 34.6 Å². The van der Waals surface area contributed by atoms with Gasteiger partial charge in [-0.2, -0.15) is 0 Å². The number of aryl methyl sites for hydroxylation is 1. The Morgan fingerprint density at radius 2 is 1.97 bits per heavy atom. The minimum absolute atomic E-state index is 0.0774. The highest BCUT2D eigenvalue weighted by molar-refractivity contribution is 7.09. The van der Waals surface area contributed by atoms with Crippen LogP contribution in [0.5, 0.6) is 0 Å². The number of thiazole rings is 1. The van der Waals surface area contributed by atoms with Gasteiger partial charge in [-0.1, -0.05) is 32.4 Å². The minimum atomic E-state index is -0.409. The van der Waals surface area contributed by atoms with Crippen LogP contribution in [0.15, 0.2) is 29.6 Å². The second-order valence-electron chi connectivity index (χ2n) is 11.9. The average molecular weight is 533 g/mol. The maximum atomic E-state index is 14.7. The molecule has 2 aromatic heterocycles. The van der Waals surface area contributed by atoms with Gasteiger partial charge in [-0.15, -0.1) is 11.3 Å². The highest BCUT2D eigenvalue weighted by atomic mass is 32.1. The van der Waals surface area contributed by atoms with E-state index in [1.54, 1.807) is 23.5 Å². The molecule has 1 aromatic carbocycles. The van der Waals surface area contributed by atoms with Crippen molar-refractivity contribution in [1.82, 2.24) is 9.55 Å². The molecule has 2 unspecified atom stereocenters. The summed E-state index contributed by atoms with van der Waals surface area (Å²) in [5.74, 6) is -0.480. The van der Waals surface area contributed by atoms with E-state index in [4.69, 9.17) is 4.98 Å². The van der Waals surface area contributed by atoms with Gasteiger partial charge in [0.15, 0.2) is 5.78 Å². The first kappa shape index (κ1) is 25.7. The number of nitrogens with zero attached hydrogens (tertiary/aromatic N) is 2. The van der Waals surface area contributed by atoms with Crippen LogP contribution in [-0.2, 0) is 16.8 Å². The molecule has 1 fully saturated rings. The van der Waals surface area contributed by atoms with Crippen LogP contribution in [0.2, 0.25) is 0 Å². The van der Waals surface area contributed by atoms with Crippen molar-refractivity contribution in [2.45, 2.75) is 96.9 Å². The molecule has 1 spiro atoms. The standard InChI is InChI=1S/C32H37FN2O2S/c1-5-8-23-24(36)12-11-20(6-2)28(37)26-25(23)29-31(4,30-34-19(3)18-38-30)32(13-14-32)15-16-35(29)27(26)21-9-7-10-22(33)17-21/h7,9-10,17-18,20,23H,5-6,8,11-16H2,1-4H3/t20?,23?,31-/m1/s1. The fraction of sp³-hybridized carbons (Fsp3) is 0.531. The number of Topliss-reactive ketones (excluding diaryl/α,β-unsaturated/α-hetero) is 2. The van der Waals surface area contributed by atoms with Crippen LogP contribution in [0, 0.1) is 24.1 Å². The normalized spacial score (nSPS) is 26.1. The molecule has 200 valence electrons. The molecule has 0 radical (unpaired) electrons. The summed E-state index contributed by atoms with van der Waals surface area (Å²) in [6, 6.07) is 6.65. The first-order valence-electron chi connectivity index (χ1n) is 14.3. The van der Waals surface area contributed by atoms with Crippen LogP contribution in [0.1, 0.15) is 110 Å². The number of hydrogen-bond acceptors (Lipinski definition) is 4. The molecule has 6 heteroatoms. The minimum Gasteiger partial charge on any atom is -0.343 e. The lowest BCUT2D eigenvalue weighted by atomic mass is 9.65. The van der Waals surface area contributed by atoms with Gasteiger partial charge >= 0.3 is 0 Å². The van der Waals surface area contributed by atoms with Gasteiger partial charge in [-0.3, -0.25) is 9.59 Å². The molecule has 0 N–H and O–H groups in total. The van der Waals surface area contributed by atoms with Crippen LogP contribution < -0.4 is 0 Å². The summed E-state index contributed by atoms with van der Waals surface area (Å²) in [5, 5.41) is 3.19. The number of hydrogen-bond donors (Lipinski definition) is 0.